The summed E-state index contributed by atoms with van der Waals surface area (Å²) in [4.78, 5) is 0. The van der Waals surface area contributed by atoms with Gasteiger partial charge in [0.25, 0.3) is 0 Å². The molecule has 0 radical (unpaired) electrons. The van der Waals surface area contributed by atoms with Gasteiger partial charge < -0.3 is 15.6 Å². The maximum atomic E-state index is 9.83. The Bertz CT molecular complexity index is 355. The first-order chi connectivity index (χ1) is 7.40. The van der Waals surface area contributed by atoms with Gasteiger partial charge in [0.1, 0.15) is 5.75 Å². The molecule has 3 N–H and O–H groups in total. The van der Waals surface area contributed by atoms with Crippen molar-refractivity contribution in [2.75, 3.05) is 13.7 Å². The third-order valence-electron chi connectivity index (χ3n) is 2.68. The van der Waals surface area contributed by atoms with E-state index >= 15 is 0 Å². The van der Waals surface area contributed by atoms with Crippen molar-refractivity contribution < 1.29 is 9.84 Å². The Morgan fingerprint density at radius 2 is 2.00 bits per heavy atom. The van der Waals surface area contributed by atoms with Crippen molar-refractivity contribution in [3.63, 3.8) is 0 Å². The lowest BCUT2D eigenvalue weighted by atomic mass is 9.85. The largest absolute Gasteiger partial charge is 0.496 e. The minimum Gasteiger partial charge on any atom is -0.496 e. The van der Waals surface area contributed by atoms with Gasteiger partial charge in [0.05, 0.1) is 13.2 Å². The van der Waals surface area contributed by atoms with Crippen molar-refractivity contribution in [3.8, 4) is 5.75 Å². The van der Waals surface area contributed by atoms with Crippen LogP contribution < -0.4 is 10.5 Å². The van der Waals surface area contributed by atoms with Crippen molar-refractivity contribution >= 4 is 0 Å². The number of aliphatic hydroxyl groups excluding tert-OH is 1. The molecule has 0 aliphatic carbocycles. The molecule has 0 fully saturated rings. The van der Waals surface area contributed by atoms with Gasteiger partial charge in [0.2, 0.25) is 0 Å². The third kappa shape index (κ3) is 2.74. The summed E-state index contributed by atoms with van der Waals surface area (Å²) in [6.07, 6.45) is -0.669. The van der Waals surface area contributed by atoms with Crippen molar-refractivity contribution in [3.05, 3.63) is 29.3 Å². The highest BCUT2D eigenvalue weighted by Gasteiger charge is 2.18. The van der Waals surface area contributed by atoms with Crippen LogP contribution in [0.1, 0.15) is 38.0 Å². The highest BCUT2D eigenvalue weighted by molar-refractivity contribution is 5.41. The van der Waals surface area contributed by atoms with Crippen molar-refractivity contribution in [2.45, 2.75) is 32.3 Å². The van der Waals surface area contributed by atoms with Crippen LogP contribution in [-0.2, 0) is 5.41 Å². The number of ether oxygens (including phenoxy) is 1. The Kier molecular flexibility index (Phi) is 3.94. The van der Waals surface area contributed by atoms with E-state index in [1.165, 1.54) is 0 Å². The Morgan fingerprint density at radius 3 is 2.44 bits per heavy atom. The van der Waals surface area contributed by atoms with Crippen LogP contribution in [0.3, 0.4) is 0 Å². The first kappa shape index (κ1) is 13.0. The standard InChI is InChI=1S/C13H21NO2/c1-13(2,3)9-5-6-12(16-4)10(7-9)11(15)8-14/h5-7,11,15H,8,14H2,1-4H3. The van der Waals surface area contributed by atoms with Gasteiger partial charge in [-0.05, 0) is 23.1 Å². The van der Waals surface area contributed by atoms with Crippen LogP contribution in [0.25, 0.3) is 0 Å². The van der Waals surface area contributed by atoms with E-state index in [0.717, 1.165) is 11.1 Å². The molecule has 0 saturated heterocycles. The summed E-state index contributed by atoms with van der Waals surface area (Å²) in [5, 5.41) is 9.83. The minimum absolute atomic E-state index is 0.0509. The van der Waals surface area contributed by atoms with E-state index in [9.17, 15) is 5.11 Å². The average molecular weight is 223 g/mol. The van der Waals surface area contributed by atoms with E-state index in [-0.39, 0.29) is 12.0 Å². The zero-order valence-corrected chi connectivity index (χ0v) is 10.4. The van der Waals surface area contributed by atoms with Gasteiger partial charge in [0.15, 0.2) is 0 Å². The molecule has 0 aliphatic heterocycles. The second-order valence-corrected chi connectivity index (χ2v) is 4.96. The molecule has 0 amide bonds. The first-order valence-electron chi connectivity index (χ1n) is 5.46. The van der Waals surface area contributed by atoms with E-state index < -0.39 is 6.10 Å². The summed E-state index contributed by atoms with van der Waals surface area (Å²) in [7, 11) is 1.60. The molecule has 0 bridgehead atoms. The predicted molar refractivity (Wildman–Crippen MR) is 65.7 cm³/mol. The zero-order chi connectivity index (χ0) is 12.3. The number of benzene rings is 1. The maximum Gasteiger partial charge on any atom is 0.124 e. The summed E-state index contributed by atoms with van der Waals surface area (Å²) in [6.45, 7) is 6.60. The number of aliphatic hydroxyl groups is 1. The van der Waals surface area contributed by atoms with Crippen LogP contribution in [-0.4, -0.2) is 18.8 Å². The normalized spacial score (nSPS) is 13.6. The molecule has 0 heterocycles. The second-order valence-electron chi connectivity index (χ2n) is 4.96. The Hall–Kier alpha value is -1.06. The van der Waals surface area contributed by atoms with Gasteiger partial charge in [-0.2, -0.15) is 0 Å². The quantitative estimate of drug-likeness (QED) is 0.824. The van der Waals surface area contributed by atoms with E-state index in [0.29, 0.717) is 5.75 Å². The molecule has 3 heteroatoms. The third-order valence-corrected chi connectivity index (χ3v) is 2.68. The van der Waals surface area contributed by atoms with Gasteiger partial charge >= 0.3 is 0 Å². The SMILES string of the molecule is COc1ccc(C(C)(C)C)cc1C(O)CN. The highest BCUT2D eigenvalue weighted by Crippen LogP contribution is 2.31. The smallest absolute Gasteiger partial charge is 0.124 e. The monoisotopic (exact) mass is 223 g/mol. The minimum atomic E-state index is -0.669. The molecular formula is C13H21NO2. The molecule has 0 aromatic heterocycles. The number of hydrogen-bond acceptors (Lipinski definition) is 3. The molecular weight excluding hydrogens is 202 g/mol. The molecule has 1 unspecified atom stereocenters. The molecule has 0 spiro atoms. The van der Waals surface area contributed by atoms with Crippen LogP contribution in [0.15, 0.2) is 18.2 Å². The molecule has 16 heavy (non-hydrogen) atoms. The fraction of sp³-hybridized carbons (Fsp3) is 0.538. The van der Waals surface area contributed by atoms with Crippen molar-refractivity contribution in [1.29, 1.82) is 0 Å². The van der Waals surface area contributed by atoms with E-state index in [4.69, 9.17) is 10.5 Å². The molecule has 1 aromatic carbocycles. The lowest BCUT2D eigenvalue weighted by Gasteiger charge is -2.22. The number of nitrogens with two attached hydrogens (primary N) is 1. The summed E-state index contributed by atoms with van der Waals surface area (Å²) >= 11 is 0. The summed E-state index contributed by atoms with van der Waals surface area (Å²) in [6, 6.07) is 5.87. The Labute approximate surface area is 97.2 Å². The summed E-state index contributed by atoms with van der Waals surface area (Å²) < 4.78 is 5.22. The van der Waals surface area contributed by atoms with Crippen LogP contribution >= 0.6 is 0 Å². The lowest BCUT2D eigenvalue weighted by molar-refractivity contribution is 0.182. The topological polar surface area (TPSA) is 55.5 Å². The second kappa shape index (κ2) is 4.85. The van der Waals surface area contributed by atoms with Crippen LogP contribution in [0, 0.1) is 0 Å². The molecule has 3 nitrogen and oxygen atoms in total. The lowest BCUT2D eigenvalue weighted by Crippen LogP contribution is -2.16. The summed E-state index contributed by atoms with van der Waals surface area (Å²) in [5.41, 5.74) is 7.46. The van der Waals surface area contributed by atoms with Gasteiger partial charge in [-0.25, -0.2) is 0 Å². The van der Waals surface area contributed by atoms with Crippen LogP contribution in [0.2, 0.25) is 0 Å². The molecule has 90 valence electrons. The van der Waals surface area contributed by atoms with Crippen molar-refractivity contribution in [2.24, 2.45) is 5.73 Å². The zero-order valence-electron chi connectivity index (χ0n) is 10.4. The molecule has 1 aromatic rings. The average Bonchev–Trinajstić information content (AvgIpc) is 2.25. The molecule has 0 aliphatic rings. The van der Waals surface area contributed by atoms with Crippen LogP contribution in [0.5, 0.6) is 5.75 Å². The fourth-order valence-electron chi connectivity index (χ4n) is 1.59. The predicted octanol–water partition coefficient (Wildman–Crippen LogP) is 1.98. The van der Waals surface area contributed by atoms with E-state index in [1.807, 2.05) is 18.2 Å². The van der Waals surface area contributed by atoms with Gasteiger partial charge in [-0.3, -0.25) is 0 Å². The van der Waals surface area contributed by atoms with Gasteiger partial charge in [-0.1, -0.05) is 26.8 Å². The first-order valence-corrected chi connectivity index (χ1v) is 5.46. The Balaban J connectivity index is 3.21. The van der Waals surface area contributed by atoms with E-state index in [1.54, 1.807) is 7.11 Å². The fourth-order valence-corrected chi connectivity index (χ4v) is 1.59. The van der Waals surface area contributed by atoms with Gasteiger partial charge in [0, 0.05) is 12.1 Å². The maximum absolute atomic E-state index is 9.83. The number of methoxy groups -OCH3 is 1. The molecule has 1 rings (SSSR count). The Morgan fingerprint density at radius 1 is 1.38 bits per heavy atom. The molecule has 1 atom stereocenters. The van der Waals surface area contributed by atoms with E-state index in [2.05, 4.69) is 20.8 Å². The van der Waals surface area contributed by atoms with Gasteiger partial charge in [-0.15, -0.1) is 0 Å². The number of rotatable bonds is 3. The highest BCUT2D eigenvalue weighted by atomic mass is 16.5. The summed E-state index contributed by atoms with van der Waals surface area (Å²) in [5.74, 6) is 0.686. The van der Waals surface area contributed by atoms with Crippen LogP contribution in [0.4, 0.5) is 0 Å². The number of hydrogen-bond donors (Lipinski definition) is 2. The molecule has 0 saturated carbocycles. The van der Waals surface area contributed by atoms with Crippen molar-refractivity contribution in [1.82, 2.24) is 0 Å².